The lowest BCUT2D eigenvalue weighted by atomic mass is 10.4. The van der Waals surface area contributed by atoms with Crippen LogP contribution in [0.25, 0.3) is 0 Å². The molecule has 3 nitrogen and oxygen atoms in total. The number of halogens is 1. The van der Waals surface area contributed by atoms with E-state index in [1.807, 2.05) is 0 Å². The maximum atomic E-state index is 11.9. The lowest BCUT2D eigenvalue weighted by molar-refractivity contribution is -0.107. The minimum atomic E-state index is -1.78. The maximum Gasteiger partial charge on any atom is 0.227 e. The molecule has 0 aromatic heterocycles. The fourth-order valence-electron chi connectivity index (χ4n) is 0.240. The second kappa shape index (κ2) is 3.77. The Labute approximate surface area is 46.7 Å². The van der Waals surface area contributed by atoms with Gasteiger partial charge in [0.15, 0.2) is 0 Å². The Morgan fingerprint density at radius 3 is 2.38 bits per heavy atom. The number of hydrogen-bond donors (Lipinski definition) is 2. The van der Waals surface area contributed by atoms with Crippen LogP contribution in [0, 0.1) is 0 Å². The lowest BCUT2D eigenvalue weighted by Crippen LogP contribution is -2.26. The molecule has 0 spiro atoms. The molecule has 4 heteroatoms. The Bertz CT molecular complexity index is 51.2. The summed E-state index contributed by atoms with van der Waals surface area (Å²) in [5.41, 5.74) is 0. The van der Waals surface area contributed by atoms with Gasteiger partial charge in [0.1, 0.15) is 6.10 Å². The Morgan fingerprint density at radius 1 is 1.75 bits per heavy atom. The van der Waals surface area contributed by atoms with Gasteiger partial charge < -0.3 is 14.9 Å². The minimum absolute atomic E-state index is 0.616. The number of rotatable bonds is 3. The van der Waals surface area contributed by atoms with E-state index in [0.717, 1.165) is 7.11 Å². The molecule has 2 N–H and O–H groups in total. The largest absolute Gasteiger partial charge is 0.393 e. The van der Waals surface area contributed by atoms with Crippen molar-refractivity contribution in [1.82, 2.24) is 0 Å². The topological polar surface area (TPSA) is 49.7 Å². The van der Waals surface area contributed by atoms with Gasteiger partial charge in [0, 0.05) is 7.11 Å². The van der Waals surface area contributed by atoms with Gasteiger partial charge in [0.25, 0.3) is 0 Å². The zero-order chi connectivity index (χ0) is 6.57. The van der Waals surface area contributed by atoms with Gasteiger partial charge >= 0.3 is 0 Å². The van der Waals surface area contributed by atoms with Gasteiger partial charge in [-0.2, -0.15) is 0 Å². The van der Waals surface area contributed by atoms with Crippen LogP contribution < -0.4 is 0 Å². The first kappa shape index (κ1) is 7.81. The number of methoxy groups -OCH3 is 1. The van der Waals surface area contributed by atoms with Crippen molar-refractivity contribution in [3.8, 4) is 0 Å². The average molecular weight is 124 g/mol. The molecule has 0 amide bonds. The van der Waals surface area contributed by atoms with Crippen molar-refractivity contribution < 1.29 is 19.3 Å². The van der Waals surface area contributed by atoms with E-state index in [-0.39, 0.29) is 0 Å². The first-order chi connectivity index (χ1) is 3.72. The molecule has 0 aromatic rings. The highest BCUT2D eigenvalue weighted by Crippen LogP contribution is 1.96. The van der Waals surface area contributed by atoms with Crippen molar-refractivity contribution in [3.63, 3.8) is 0 Å². The molecule has 2 unspecified atom stereocenters. The number of alkyl halides is 1. The quantitative estimate of drug-likeness (QED) is 0.522. The Kier molecular flexibility index (Phi) is 3.68. The first-order valence-electron chi connectivity index (χ1n) is 2.18. The lowest BCUT2D eigenvalue weighted by Gasteiger charge is -2.09. The summed E-state index contributed by atoms with van der Waals surface area (Å²) in [7, 11) is 1.11. The summed E-state index contributed by atoms with van der Waals surface area (Å²) in [5.74, 6) is 0. The van der Waals surface area contributed by atoms with Crippen LogP contribution in [0.5, 0.6) is 0 Å². The van der Waals surface area contributed by atoms with Gasteiger partial charge in [-0.05, 0) is 0 Å². The van der Waals surface area contributed by atoms with Gasteiger partial charge in [-0.15, -0.1) is 0 Å². The van der Waals surface area contributed by atoms with Crippen molar-refractivity contribution in [2.75, 3.05) is 13.7 Å². The number of aliphatic hydroxyl groups is 2. The van der Waals surface area contributed by atoms with Crippen molar-refractivity contribution in [2.24, 2.45) is 0 Å². The third kappa shape index (κ3) is 2.20. The van der Waals surface area contributed by atoms with Crippen molar-refractivity contribution >= 4 is 0 Å². The molecule has 0 heterocycles. The monoisotopic (exact) mass is 124 g/mol. The summed E-state index contributed by atoms with van der Waals surface area (Å²) in [6, 6.07) is 0. The molecule has 0 aliphatic heterocycles. The van der Waals surface area contributed by atoms with Crippen LogP contribution in [0.1, 0.15) is 0 Å². The number of ether oxygens (including phenoxy) is 1. The molecular formula is C4H9FO3. The van der Waals surface area contributed by atoms with Crippen LogP contribution in [0.15, 0.2) is 0 Å². The average Bonchev–Trinajstić information content (AvgIpc) is 1.84. The zero-order valence-electron chi connectivity index (χ0n) is 4.54. The predicted molar refractivity (Wildman–Crippen MR) is 25.0 cm³/mol. The van der Waals surface area contributed by atoms with Crippen molar-refractivity contribution in [3.05, 3.63) is 0 Å². The van der Waals surface area contributed by atoms with Crippen LogP contribution in [-0.2, 0) is 4.74 Å². The van der Waals surface area contributed by atoms with Crippen LogP contribution >= 0.6 is 0 Å². The van der Waals surface area contributed by atoms with E-state index in [1.165, 1.54) is 0 Å². The second-order valence-electron chi connectivity index (χ2n) is 1.34. The third-order valence-electron chi connectivity index (χ3n) is 0.715. The van der Waals surface area contributed by atoms with Gasteiger partial charge in [0.05, 0.1) is 6.61 Å². The SMILES string of the molecule is COC(F)C(O)CO. The third-order valence-corrected chi connectivity index (χ3v) is 0.715. The summed E-state index contributed by atoms with van der Waals surface area (Å²) in [6.45, 7) is -0.616. The predicted octanol–water partition coefficient (Wildman–Crippen LogP) is -0.718. The van der Waals surface area contributed by atoms with Gasteiger partial charge in [-0.3, -0.25) is 0 Å². The fourth-order valence-corrected chi connectivity index (χ4v) is 0.240. The molecule has 0 aromatic carbocycles. The van der Waals surface area contributed by atoms with E-state index in [2.05, 4.69) is 4.74 Å². The highest BCUT2D eigenvalue weighted by atomic mass is 19.1. The van der Waals surface area contributed by atoms with Crippen LogP contribution in [0.2, 0.25) is 0 Å². The maximum absolute atomic E-state index is 11.9. The van der Waals surface area contributed by atoms with E-state index in [1.54, 1.807) is 0 Å². The zero-order valence-corrected chi connectivity index (χ0v) is 4.54. The van der Waals surface area contributed by atoms with Crippen molar-refractivity contribution in [1.29, 1.82) is 0 Å². The molecule has 0 rings (SSSR count). The van der Waals surface area contributed by atoms with Crippen molar-refractivity contribution in [2.45, 2.75) is 12.5 Å². The summed E-state index contributed by atoms with van der Waals surface area (Å²) in [6.07, 6.45) is -3.19. The summed E-state index contributed by atoms with van der Waals surface area (Å²) >= 11 is 0. The molecule has 0 radical (unpaired) electrons. The van der Waals surface area contributed by atoms with E-state index >= 15 is 0 Å². The highest BCUT2D eigenvalue weighted by molar-refractivity contribution is 4.53. The fraction of sp³-hybridized carbons (Fsp3) is 1.00. The smallest absolute Gasteiger partial charge is 0.227 e. The standard InChI is InChI=1S/C4H9FO3/c1-8-4(5)3(7)2-6/h3-4,6-7H,2H2,1H3. The molecular weight excluding hydrogens is 115 g/mol. The van der Waals surface area contributed by atoms with Crippen LogP contribution in [0.3, 0.4) is 0 Å². The molecule has 0 saturated carbocycles. The molecule has 8 heavy (non-hydrogen) atoms. The van der Waals surface area contributed by atoms with Gasteiger partial charge in [-0.25, -0.2) is 4.39 Å². The Hall–Kier alpha value is -0.190. The molecule has 0 fully saturated rings. The summed E-state index contributed by atoms with van der Waals surface area (Å²) < 4.78 is 15.9. The molecule has 0 bridgehead atoms. The second-order valence-corrected chi connectivity index (χ2v) is 1.34. The molecule has 0 aliphatic carbocycles. The molecule has 0 aliphatic rings. The van der Waals surface area contributed by atoms with Crippen LogP contribution in [-0.4, -0.2) is 36.4 Å². The Balaban J connectivity index is 3.29. The molecule has 0 saturated heterocycles. The first-order valence-corrected chi connectivity index (χ1v) is 2.18. The number of aliphatic hydroxyl groups excluding tert-OH is 2. The van der Waals surface area contributed by atoms with Gasteiger partial charge in [0.2, 0.25) is 6.36 Å². The summed E-state index contributed by atoms with van der Waals surface area (Å²) in [5, 5.41) is 16.4. The minimum Gasteiger partial charge on any atom is -0.393 e. The van der Waals surface area contributed by atoms with E-state index < -0.39 is 19.1 Å². The number of hydrogen-bond acceptors (Lipinski definition) is 3. The van der Waals surface area contributed by atoms with E-state index in [4.69, 9.17) is 10.2 Å². The normalized spacial score (nSPS) is 18.0. The summed E-state index contributed by atoms with van der Waals surface area (Å²) in [4.78, 5) is 0. The highest BCUT2D eigenvalue weighted by Gasteiger charge is 2.14. The molecule has 2 atom stereocenters. The van der Waals surface area contributed by atoms with Gasteiger partial charge in [-0.1, -0.05) is 0 Å². The Morgan fingerprint density at radius 2 is 2.25 bits per heavy atom. The van der Waals surface area contributed by atoms with E-state index in [0.29, 0.717) is 0 Å². The van der Waals surface area contributed by atoms with E-state index in [9.17, 15) is 4.39 Å². The van der Waals surface area contributed by atoms with Crippen LogP contribution in [0.4, 0.5) is 4.39 Å². The molecule has 50 valence electrons.